The molecule has 0 amide bonds. The van der Waals surface area contributed by atoms with Crippen LogP contribution in [0.1, 0.15) is 0 Å². The minimum atomic E-state index is -3.69. The summed E-state index contributed by atoms with van der Waals surface area (Å²) in [6.45, 7) is 0. The van der Waals surface area contributed by atoms with Crippen molar-refractivity contribution in [3.63, 3.8) is 0 Å². The molecule has 0 spiro atoms. The fourth-order valence-corrected chi connectivity index (χ4v) is 2.91. The second-order valence-electron chi connectivity index (χ2n) is 4.08. The van der Waals surface area contributed by atoms with Crippen LogP contribution in [0.2, 0.25) is 0 Å². The van der Waals surface area contributed by atoms with Gasteiger partial charge in [0.2, 0.25) is 9.84 Å². The summed E-state index contributed by atoms with van der Waals surface area (Å²) >= 11 is 0. The fraction of sp³-hybridized carbons (Fsp3) is 0. The van der Waals surface area contributed by atoms with E-state index in [1.165, 1.54) is 36.4 Å². The summed E-state index contributed by atoms with van der Waals surface area (Å²) in [6.07, 6.45) is 0. The summed E-state index contributed by atoms with van der Waals surface area (Å²) in [6, 6.07) is 8.32. The Morgan fingerprint density at radius 1 is 0.565 bits per heavy atom. The standard InChI is InChI=1S/C12H14N4O2S.4ClH/c13-9-3-1-7(5-11(9)15)19(17,18)8-2-4-10(14)12(16)6-8;;;;/h1-6H,13-16H2;4*1H. The topological polar surface area (TPSA) is 138 Å². The van der Waals surface area contributed by atoms with Gasteiger partial charge in [-0.3, -0.25) is 0 Å². The van der Waals surface area contributed by atoms with Crippen molar-refractivity contribution in [3.05, 3.63) is 36.4 Å². The average Bonchev–Trinajstić information content (AvgIpc) is 2.35. The third-order valence-corrected chi connectivity index (χ3v) is 4.49. The monoisotopic (exact) mass is 422 g/mol. The Balaban J connectivity index is -0.000001000. The van der Waals surface area contributed by atoms with E-state index < -0.39 is 9.84 Å². The molecule has 11 heteroatoms. The zero-order valence-electron chi connectivity index (χ0n) is 11.6. The Bertz CT molecular complexity index is 699. The molecular formula is C12H18Cl4N4O2S. The molecule has 0 aliphatic rings. The van der Waals surface area contributed by atoms with Crippen LogP contribution in [0.4, 0.5) is 22.7 Å². The minimum Gasteiger partial charge on any atom is -0.397 e. The van der Waals surface area contributed by atoms with Crippen LogP contribution in [-0.4, -0.2) is 8.42 Å². The summed E-state index contributed by atoms with van der Waals surface area (Å²) in [7, 11) is -3.69. The summed E-state index contributed by atoms with van der Waals surface area (Å²) in [4.78, 5) is 0.117. The highest BCUT2D eigenvalue weighted by Crippen LogP contribution is 2.28. The summed E-state index contributed by atoms with van der Waals surface area (Å²) < 4.78 is 24.7. The van der Waals surface area contributed by atoms with Crippen molar-refractivity contribution in [1.82, 2.24) is 0 Å². The van der Waals surface area contributed by atoms with Crippen molar-refractivity contribution >= 4 is 82.2 Å². The lowest BCUT2D eigenvalue weighted by Gasteiger charge is -2.08. The van der Waals surface area contributed by atoms with E-state index in [-0.39, 0.29) is 70.8 Å². The molecule has 0 saturated carbocycles. The number of nitrogens with two attached hydrogens (primary N) is 4. The molecule has 2 aromatic rings. The van der Waals surface area contributed by atoms with Gasteiger partial charge in [-0.1, -0.05) is 0 Å². The molecule has 0 aliphatic carbocycles. The summed E-state index contributed by atoms with van der Waals surface area (Å²) in [5, 5.41) is 0. The fourth-order valence-electron chi connectivity index (χ4n) is 1.58. The van der Waals surface area contributed by atoms with Gasteiger partial charge in [0.1, 0.15) is 0 Å². The molecule has 132 valence electrons. The van der Waals surface area contributed by atoms with Crippen LogP contribution in [0.25, 0.3) is 0 Å². The largest absolute Gasteiger partial charge is 0.397 e. The second kappa shape index (κ2) is 9.79. The van der Waals surface area contributed by atoms with E-state index in [0.717, 1.165) is 0 Å². The van der Waals surface area contributed by atoms with Gasteiger partial charge in [0.25, 0.3) is 0 Å². The Labute approximate surface area is 159 Å². The predicted molar refractivity (Wildman–Crippen MR) is 105 cm³/mol. The number of hydrogen-bond donors (Lipinski definition) is 4. The highest BCUT2D eigenvalue weighted by Gasteiger charge is 2.19. The molecule has 0 aromatic heterocycles. The van der Waals surface area contributed by atoms with Crippen LogP contribution >= 0.6 is 49.6 Å². The molecule has 8 N–H and O–H groups in total. The highest BCUT2D eigenvalue weighted by molar-refractivity contribution is 7.91. The number of sulfone groups is 1. The molecule has 0 fully saturated rings. The molecule has 2 aromatic carbocycles. The van der Waals surface area contributed by atoms with E-state index in [9.17, 15) is 8.42 Å². The smallest absolute Gasteiger partial charge is 0.206 e. The van der Waals surface area contributed by atoms with E-state index in [2.05, 4.69) is 0 Å². The number of hydrogen-bond acceptors (Lipinski definition) is 6. The molecule has 0 heterocycles. The average molecular weight is 424 g/mol. The molecule has 23 heavy (non-hydrogen) atoms. The normalized spacial score (nSPS) is 9.39. The first kappa shape index (κ1) is 26.6. The van der Waals surface area contributed by atoms with Crippen LogP contribution in [0, 0.1) is 0 Å². The maximum Gasteiger partial charge on any atom is 0.206 e. The van der Waals surface area contributed by atoms with Gasteiger partial charge < -0.3 is 22.9 Å². The van der Waals surface area contributed by atoms with Crippen molar-refractivity contribution in [2.75, 3.05) is 22.9 Å². The van der Waals surface area contributed by atoms with Crippen LogP contribution in [-0.2, 0) is 9.84 Å². The van der Waals surface area contributed by atoms with Crippen molar-refractivity contribution < 1.29 is 8.42 Å². The molecule has 0 unspecified atom stereocenters. The van der Waals surface area contributed by atoms with Gasteiger partial charge in [-0.25, -0.2) is 8.42 Å². The SMILES string of the molecule is Cl.Cl.Cl.Cl.Nc1ccc(S(=O)(=O)c2ccc(N)c(N)c2)cc1N. The maximum atomic E-state index is 12.4. The zero-order chi connectivity index (χ0) is 14.2. The third-order valence-electron chi connectivity index (χ3n) is 2.74. The molecular weight excluding hydrogens is 406 g/mol. The summed E-state index contributed by atoms with van der Waals surface area (Å²) in [5.74, 6) is 0. The zero-order valence-corrected chi connectivity index (χ0v) is 15.7. The minimum absolute atomic E-state index is 0. The lowest BCUT2D eigenvalue weighted by atomic mass is 10.3. The van der Waals surface area contributed by atoms with Crippen molar-refractivity contribution in [3.8, 4) is 0 Å². The van der Waals surface area contributed by atoms with Crippen LogP contribution < -0.4 is 22.9 Å². The van der Waals surface area contributed by atoms with Gasteiger partial charge in [0, 0.05) is 0 Å². The predicted octanol–water partition coefficient (Wildman–Crippen LogP) is 2.54. The number of rotatable bonds is 2. The van der Waals surface area contributed by atoms with Crippen LogP contribution in [0.3, 0.4) is 0 Å². The quantitative estimate of drug-likeness (QED) is 0.547. The van der Waals surface area contributed by atoms with Gasteiger partial charge in [-0.15, -0.1) is 49.6 Å². The molecule has 0 radical (unpaired) electrons. The number of halogens is 4. The molecule has 6 nitrogen and oxygen atoms in total. The maximum absolute atomic E-state index is 12.4. The summed E-state index contributed by atoms with van der Waals surface area (Å²) in [5.41, 5.74) is 23.4. The Kier molecular flexibility index (Phi) is 11.3. The Morgan fingerprint density at radius 3 is 1.13 bits per heavy atom. The Morgan fingerprint density at radius 2 is 0.870 bits per heavy atom. The van der Waals surface area contributed by atoms with Gasteiger partial charge in [-0.2, -0.15) is 0 Å². The van der Waals surface area contributed by atoms with Crippen molar-refractivity contribution in [2.24, 2.45) is 0 Å². The highest BCUT2D eigenvalue weighted by atomic mass is 35.5. The number of benzene rings is 2. The van der Waals surface area contributed by atoms with Crippen LogP contribution in [0.15, 0.2) is 46.2 Å². The first-order chi connectivity index (χ1) is 8.82. The second-order valence-corrected chi connectivity index (χ2v) is 6.03. The molecule has 0 saturated heterocycles. The number of nitrogen functional groups attached to an aromatic ring is 4. The molecule has 0 atom stereocenters. The van der Waals surface area contributed by atoms with E-state index in [1.807, 2.05) is 0 Å². The Hall–Kier alpha value is -1.25. The van der Waals surface area contributed by atoms with Crippen LogP contribution in [0.5, 0.6) is 0 Å². The van der Waals surface area contributed by atoms with E-state index >= 15 is 0 Å². The van der Waals surface area contributed by atoms with Gasteiger partial charge in [-0.05, 0) is 36.4 Å². The van der Waals surface area contributed by atoms with E-state index in [0.29, 0.717) is 11.4 Å². The molecule has 2 rings (SSSR count). The first-order valence-corrected chi connectivity index (χ1v) is 6.86. The molecule has 0 bridgehead atoms. The first-order valence-electron chi connectivity index (χ1n) is 5.37. The number of anilines is 4. The third kappa shape index (κ3) is 5.40. The van der Waals surface area contributed by atoms with E-state index in [4.69, 9.17) is 22.9 Å². The molecule has 0 aliphatic heterocycles. The lowest BCUT2D eigenvalue weighted by Crippen LogP contribution is -2.05. The van der Waals surface area contributed by atoms with Gasteiger partial charge in [0.15, 0.2) is 0 Å². The van der Waals surface area contributed by atoms with Gasteiger partial charge in [0.05, 0.1) is 32.5 Å². The van der Waals surface area contributed by atoms with Crippen molar-refractivity contribution in [1.29, 1.82) is 0 Å². The van der Waals surface area contributed by atoms with E-state index in [1.54, 1.807) is 0 Å². The van der Waals surface area contributed by atoms with Crippen molar-refractivity contribution in [2.45, 2.75) is 9.79 Å². The lowest BCUT2D eigenvalue weighted by molar-refractivity contribution is 0.596. The van der Waals surface area contributed by atoms with Gasteiger partial charge >= 0.3 is 0 Å².